The Kier molecular flexibility index (Phi) is 8.16. The van der Waals surface area contributed by atoms with E-state index in [0.717, 1.165) is 24.9 Å². The van der Waals surface area contributed by atoms with Gasteiger partial charge in [-0.2, -0.15) is 5.10 Å². The molecule has 204 valence electrons. The van der Waals surface area contributed by atoms with Crippen molar-refractivity contribution in [2.24, 2.45) is 0 Å². The van der Waals surface area contributed by atoms with Gasteiger partial charge in [-0.15, -0.1) is 0 Å². The molecule has 0 aliphatic carbocycles. The van der Waals surface area contributed by atoms with Crippen molar-refractivity contribution in [1.82, 2.24) is 24.6 Å². The molecule has 11 heteroatoms. The van der Waals surface area contributed by atoms with Crippen molar-refractivity contribution in [2.75, 3.05) is 37.4 Å². The van der Waals surface area contributed by atoms with Crippen LogP contribution in [0.1, 0.15) is 26.2 Å². The van der Waals surface area contributed by atoms with Crippen LogP contribution in [-0.2, 0) is 11.3 Å². The molecular weight excluding hydrogens is 501 g/mol. The van der Waals surface area contributed by atoms with Gasteiger partial charge in [0.25, 0.3) is 0 Å². The number of fused-ring (bicyclic) bond motifs is 1. The molecule has 1 aliphatic rings. The van der Waals surface area contributed by atoms with E-state index in [9.17, 15) is 9.18 Å². The lowest BCUT2D eigenvalue weighted by Crippen LogP contribution is -2.28. The predicted molar refractivity (Wildman–Crippen MR) is 147 cm³/mol. The molecule has 5 rings (SSSR count). The largest absolute Gasteiger partial charge is 0.493 e. The first-order valence-corrected chi connectivity index (χ1v) is 13.0. The van der Waals surface area contributed by atoms with Crippen LogP contribution in [0, 0.1) is 5.82 Å². The SMILES string of the molecule is COc1cc2c(Nc3cnn(CC(=O)Nc4cccc(F)c4)c3)ncnc2cc1OCCCN1CCC[C@H]1C. The number of rotatable bonds is 11. The minimum absolute atomic E-state index is 0.0338. The molecule has 0 spiro atoms. The van der Waals surface area contributed by atoms with E-state index in [1.54, 1.807) is 25.6 Å². The third-order valence-electron chi connectivity index (χ3n) is 6.77. The van der Waals surface area contributed by atoms with Crippen molar-refractivity contribution in [1.29, 1.82) is 0 Å². The van der Waals surface area contributed by atoms with E-state index in [2.05, 4.69) is 37.5 Å². The number of halogens is 1. The van der Waals surface area contributed by atoms with Crippen LogP contribution in [-0.4, -0.2) is 63.4 Å². The Hall–Kier alpha value is -4.25. The highest BCUT2D eigenvalue weighted by Gasteiger charge is 2.19. The second kappa shape index (κ2) is 12.1. The normalized spacial score (nSPS) is 15.4. The molecule has 4 aromatic rings. The number of likely N-dealkylation sites (tertiary alicyclic amines) is 1. The standard InChI is InChI=1S/C28H32FN7O3/c1-19-6-4-9-35(19)10-5-11-39-26-14-24-23(13-25(26)38-2)28(31-18-30-24)34-22-15-32-36(16-22)17-27(37)33-21-8-3-7-20(29)12-21/h3,7-8,12-16,18-19H,4-6,9-11,17H2,1-2H3,(H,33,37)(H,30,31,34)/t19-/m1/s1. The summed E-state index contributed by atoms with van der Waals surface area (Å²) in [4.78, 5) is 23.7. The molecule has 2 aromatic carbocycles. The van der Waals surface area contributed by atoms with E-state index in [4.69, 9.17) is 9.47 Å². The molecule has 2 aromatic heterocycles. The Labute approximate surface area is 226 Å². The van der Waals surface area contributed by atoms with E-state index in [-0.39, 0.29) is 12.5 Å². The zero-order valence-electron chi connectivity index (χ0n) is 22.1. The number of ether oxygens (including phenoxy) is 2. The first-order valence-electron chi connectivity index (χ1n) is 13.0. The number of nitrogens with zero attached hydrogens (tertiary/aromatic N) is 5. The topological polar surface area (TPSA) is 106 Å². The summed E-state index contributed by atoms with van der Waals surface area (Å²) in [7, 11) is 1.61. The second-order valence-electron chi connectivity index (χ2n) is 9.58. The molecule has 1 atom stereocenters. The van der Waals surface area contributed by atoms with E-state index >= 15 is 0 Å². The summed E-state index contributed by atoms with van der Waals surface area (Å²) in [6.07, 6.45) is 8.23. The maximum absolute atomic E-state index is 13.4. The first kappa shape index (κ1) is 26.4. The summed E-state index contributed by atoms with van der Waals surface area (Å²) in [5, 5.41) is 10.9. The van der Waals surface area contributed by atoms with Gasteiger partial charge in [-0.1, -0.05) is 6.07 Å². The minimum Gasteiger partial charge on any atom is -0.493 e. The molecule has 1 amide bonds. The van der Waals surface area contributed by atoms with E-state index in [1.807, 2.05) is 12.1 Å². The van der Waals surface area contributed by atoms with Crippen molar-refractivity contribution in [3.63, 3.8) is 0 Å². The number of benzene rings is 2. The molecule has 10 nitrogen and oxygen atoms in total. The zero-order chi connectivity index (χ0) is 27.2. The van der Waals surface area contributed by atoms with Gasteiger partial charge in [-0.25, -0.2) is 14.4 Å². The van der Waals surface area contributed by atoms with Gasteiger partial charge in [0.05, 0.1) is 31.1 Å². The van der Waals surface area contributed by atoms with Crippen molar-refractivity contribution in [3.05, 3.63) is 60.9 Å². The highest BCUT2D eigenvalue weighted by molar-refractivity contribution is 5.93. The summed E-state index contributed by atoms with van der Waals surface area (Å²) in [5.74, 6) is 1.06. The fourth-order valence-corrected chi connectivity index (χ4v) is 4.78. The molecule has 1 aliphatic heterocycles. The summed E-state index contributed by atoms with van der Waals surface area (Å²) in [6, 6.07) is 10.1. The highest BCUT2D eigenvalue weighted by atomic mass is 19.1. The van der Waals surface area contributed by atoms with Crippen LogP contribution in [0.3, 0.4) is 0 Å². The van der Waals surface area contributed by atoms with E-state index in [0.29, 0.717) is 46.9 Å². The van der Waals surface area contributed by atoms with Crippen LogP contribution < -0.4 is 20.1 Å². The fraction of sp³-hybridized carbons (Fsp3) is 0.357. The smallest absolute Gasteiger partial charge is 0.246 e. The molecule has 1 fully saturated rings. The number of carbonyl (C=O) groups is 1. The summed E-state index contributed by atoms with van der Waals surface area (Å²) in [6.45, 7) is 5.02. The lowest BCUT2D eigenvalue weighted by atomic mass is 10.2. The van der Waals surface area contributed by atoms with E-state index in [1.165, 1.54) is 42.0 Å². The van der Waals surface area contributed by atoms with Gasteiger partial charge in [-0.05, 0) is 57.0 Å². The monoisotopic (exact) mass is 533 g/mol. The van der Waals surface area contributed by atoms with Crippen LogP contribution in [0.2, 0.25) is 0 Å². The van der Waals surface area contributed by atoms with Crippen molar-refractivity contribution in [2.45, 2.75) is 38.8 Å². The number of amides is 1. The van der Waals surface area contributed by atoms with Gasteiger partial charge < -0.3 is 25.0 Å². The minimum atomic E-state index is -0.419. The Morgan fingerprint density at radius 2 is 2.08 bits per heavy atom. The van der Waals surface area contributed by atoms with Gasteiger partial charge in [0.2, 0.25) is 5.91 Å². The Bertz CT molecular complexity index is 1440. The average Bonchev–Trinajstić information content (AvgIpc) is 3.54. The Balaban J connectivity index is 1.23. The Morgan fingerprint density at radius 3 is 2.87 bits per heavy atom. The maximum Gasteiger partial charge on any atom is 0.246 e. The quantitative estimate of drug-likeness (QED) is 0.269. The van der Waals surface area contributed by atoms with Crippen LogP contribution >= 0.6 is 0 Å². The molecule has 0 radical (unpaired) electrons. The third-order valence-corrected chi connectivity index (χ3v) is 6.77. The Morgan fingerprint density at radius 1 is 1.18 bits per heavy atom. The van der Waals surface area contributed by atoms with E-state index < -0.39 is 5.82 Å². The van der Waals surface area contributed by atoms with Crippen LogP contribution in [0.25, 0.3) is 10.9 Å². The third kappa shape index (κ3) is 6.61. The number of hydrogen-bond acceptors (Lipinski definition) is 8. The van der Waals surface area contributed by atoms with Crippen molar-refractivity contribution < 1.29 is 18.7 Å². The lowest BCUT2D eigenvalue weighted by Gasteiger charge is -2.21. The molecular formula is C28H32FN7O3. The zero-order valence-corrected chi connectivity index (χ0v) is 22.1. The summed E-state index contributed by atoms with van der Waals surface area (Å²) < 4.78 is 26.5. The molecule has 2 N–H and O–H groups in total. The van der Waals surface area contributed by atoms with Gasteiger partial charge in [0.1, 0.15) is 24.5 Å². The van der Waals surface area contributed by atoms with Crippen LogP contribution in [0.4, 0.5) is 21.6 Å². The van der Waals surface area contributed by atoms with Gasteiger partial charge in [0, 0.05) is 35.9 Å². The van der Waals surface area contributed by atoms with Crippen molar-refractivity contribution in [3.8, 4) is 11.5 Å². The summed E-state index contributed by atoms with van der Waals surface area (Å²) >= 11 is 0. The number of hydrogen-bond donors (Lipinski definition) is 2. The van der Waals surface area contributed by atoms with Gasteiger partial charge in [-0.3, -0.25) is 9.48 Å². The average molecular weight is 534 g/mol. The summed E-state index contributed by atoms with van der Waals surface area (Å²) in [5.41, 5.74) is 1.73. The highest BCUT2D eigenvalue weighted by Crippen LogP contribution is 2.34. The molecule has 39 heavy (non-hydrogen) atoms. The van der Waals surface area contributed by atoms with Crippen molar-refractivity contribution >= 4 is 34.0 Å². The molecule has 1 saturated heterocycles. The molecule has 0 bridgehead atoms. The number of anilines is 3. The lowest BCUT2D eigenvalue weighted by molar-refractivity contribution is -0.116. The second-order valence-corrected chi connectivity index (χ2v) is 9.58. The predicted octanol–water partition coefficient (Wildman–Crippen LogP) is 4.61. The van der Waals surface area contributed by atoms with Gasteiger partial charge in [0.15, 0.2) is 11.5 Å². The van der Waals surface area contributed by atoms with Crippen LogP contribution in [0.15, 0.2) is 55.1 Å². The number of carbonyl (C=O) groups excluding carboxylic acids is 1. The molecule has 0 unspecified atom stereocenters. The first-order chi connectivity index (χ1) is 19.0. The fourth-order valence-electron chi connectivity index (χ4n) is 4.78. The number of nitrogens with one attached hydrogen (secondary N) is 2. The van der Waals surface area contributed by atoms with Gasteiger partial charge >= 0.3 is 0 Å². The molecule has 0 saturated carbocycles. The van der Waals surface area contributed by atoms with Crippen LogP contribution in [0.5, 0.6) is 11.5 Å². The maximum atomic E-state index is 13.4. The molecule has 3 heterocycles. The number of aromatic nitrogens is 4. The number of methoxy groups -OCH3 is 1.